The van der Waals surface area contributed by atoms with E-state index in [-0.39, 0.29) is 36.0 Å². The number of rotatable bonds is 7. The summed E-state index contributed by atoms with van der Waals surface area (Å²) in [7, 11) is 0. The molecule has 0 aliphatic heterocycles. The van der Waals surface area contributed by atoms with Gasteiger partial charge in [-0.05, 0) is 30.2 Å². The van der Waals surface area contributed by atoms with Gasteiger partial charge in [0.25, 0.3) is 0 Å². The molecule has 0 saturated heterocycles. The van der Waals surface area contributed by atoms with E-state index in [0.29, 0.717) is 11.4 Å². The Labute approximate surface area is 165 Å². The highest BCUT2D eigenvalue weighted by Crippen LogP contribution is 2.26. The zero-order valence-electron chi connectivity index (χ0n) is 15.8. The van der Waals surface area contributed by atoms with E-state index in [1.807, 2.05) is 13.8 Å². The zero-order valence-corrected chi connectivity index (χ0v) is 15.8. The molecule has 9 heteroatoms. The van der Waals surface area contributed by atoms with Crippen LogP contribution < -0.4 is 10.6 Å². The molecular formula is C20H20F3N5O. The van der Waals surface area contributed by atoms with Crippen molar-refractivity contribution in [1.82, 2.24) is 15.0 Å². The predicted molar refractivity (Wildman–Crippen MR) is 104 cm³/mol. The van der Waals surface area contributed by atoms with Crippen molar-refractivity contribution in [1.29, 1.82) is 0 Å². The third-order valence-corrected chi connectivity index (χ3v) is 4.27. The Balaban J connectivity index is 2.01. The number of anilines is 3. The van der Waals surface area contributed by atoms with E-state index >= 15 is 0 Å². The quantitative estimate of drug-likeness (QED) is 0.515. The molecule has 1 aromatic carbocycles. The Morgan fingerprint density at radius 2 is 1.79 bits per heavy atom. The van der Waals surface area contributed by atoms with Crippen molar-refractivity contribution < 1.29 is 18.3 Å². The lowest BCUT2D eigenvalue weighted by Crippen LogP contribution is -2.30. The van der Waals surface area contributed by atoms with Crippen molar-refractivity contribution in [3.05, 3.63) is 60.0 Å². The van der Waals surface area contributed by atoms with Crippen LogP contribution in [0.3, 0.4) is 0 Å². The van der Waals surface area contributed by atoms with E-state index in [4.69, 9.17) is 0 Å². The van der Waals surface area contributed by atoms with Crippen molar-refractivity contribution in [2.45, 2.75) is 19.9 Å². The average Bonchev–Trinajstić information content (AvgIpc) is 2.72. The molecular weight excluding hydrogens is 383 g/mol. The van der Waals surface area contributed by atoms with Crippen LogP contribution >= 0.6 is 0 Å². The second-order valence-electron chi connectivity index (χ2n) is 6.70. The van der Waals surface area contributed by atoms with Gasteiger partial charge < -0.3 is 15.7 Å². The molecule has 2 heterocycles. The molecule has 2 aromatic heterocycles. The van der Waals surface area contributed by atoms with Gasteiger partial charge in [0, 0.05) is 12.3 Å². The van der Waals surface area contributed by atoms with Crippen molar-refractivity contribution in [3.63, 3.8) is 0 Å². The Kier molecular flexibility index (Phi) is 6.28. The molecule has 0 amide bonds. The molecule has 0 aliphatic rings. The molecule has 0 unspecified atom stereocenters. The van der Waals surface area contributed by atoms with Crippen molar-refractivity contribution in [2.75, 3.05) is 17.2 Å². The number of halogens is 3. The molecule has 152 valence electrons. The van der Waals surface area contributed by atoms with E-state index in [1.54, 1.807) is 24.4 Å². The first-order chi connectivity index (χ1) is 13.9. The van der Waals surface area contributed by atoms with E-state index < -0.39 is 17.5 Å². The summed E-state index contributed by atoms with van der Waals surface area (Å²) >= 11 is 0. The first kappa shape index (κ1) is 20.5. The summed E-state index contributed by atoms with van der Waals surface area (Å²) in [6, 6.07) is 8.36. The standard InChI is InChI=1S/C20H20F3N5O/c1-11(2)16(10-29)27-20-26-15(13-5-3-4-8-24-13)9-17(28-20)25-14-7-6-12(21)18(22)19(14)23/h3-9,11,16,29H,10H2,1-2H3,(H2,25,26,27,28)/t16-/m1/s1. The molecule has 29 heavy (non-hydrogen) atoms. The lowest BCUT2D eigenvalue weighted by atomic mass is 10.1. The van der Waals surface area contributed by atoms with Gasteiger partial charge in [0.1, 0.15) is 5.82 Å². The smallest absolute Gasteiger partial charge is 0.225 e. The number of aliphatic hydroxyl groups is 1. The third kappa shape index (κ3) is 4.80. The lowest BCUT2D eigenvalue weighted by molar-refractivity contribution is 0.248. The molecule has 6 nitrogen and oxygen atoms in total. The molecule has 1 atom stereocenters. The highest BCUT2D eigenvalue weighted by molar-refractivity contribution is 5.65. The fourth-order valence-corrected chi connectivity index (χ4v) is 2.57. The molecule has 3 rings (SSSR count). The summed E-state index contributed by atoms with van der Waals surface area (Å²) in [5.74, 6) is -3.81. The van der Waals surface area contributed by atoms with E-state index in [1.165, 1.54) is 6.07 Å². The summed E-state index contributed by atoms with van der Waals surface area (Å²) < 4.78 is 40.8. The van der Waals surface area contributed by atoms with Gasteiger partial charge in [-0.2, -0.15) is 4.98 Å². The van der Waals surface area contributed by atoms with E-state index in [9.17, 15) is 18.3 Å². The minimum atomic E-state index is -1.58. The van der Waals surface area contributed by atoms with Crippen LogP contribution in [-0.2, 0) is 0 Å². The summed E-state index contributed by atoms with van der Waals surface area (Å²) in [6.45, 7) is 3.70. The van der Waals surface area contributed by atoms with Gasteiger partial charge in [0.05, 0.1) is 29.7 Å². The van der Waals surface area contributed by atoms with Gasteiger partial charge in [-0.1, -0.05) is 19.9 Å². The number of nitrogens with one attached hydrogen (secondary N) is 2. The van der Waals surface area contributed by atoms with Crippen LogP contribution in [0.5, 0.6) is 0 Å². The number of aromatic nitrogens is 3. The van der Waals surface area contributed by atoms with Crippen molar-refractivity contribution in [2.24, 2.45) is 5.92 Å². The normalized spacial score (nSPS) is 12.1. The Hall–Kier alpha value is -3.20. The highest BCUT2D eigenvalue weighted by atomic mass is 19.2. The van der Waals surface area contributed by atoms with Crippen LogP contribution in [0, 0.1) is 23.4 Å². The van der Waals surface area contributed by atoms with Gasteiger partial charge in [-0.15, -0.1) is 0 Å². The molecule has 0 spiro atoms. The monoisotopic (exact) mass is 403 g/mol. The fourth-order valence-electron chi connectivity index (χ4n) is 2.57. The molecule has 0 bridgehead atoms. The maximum atomic E-state index is 14.1. The number of hydrogen-bond acceptors (Lipinski definition) is 6. The van der Waals surface area contributed by atoms with Crippen LogP contribution in [-0.4, -0.2) is 32.7 Å². The van der Waals surface area contributed by atoms with E-state index in [0.717, 1.165) is 12.1 Å². The van der Waals surface area contributed by atoms with Crippen molar-refractivity contribution >= 4 is 17.5 Å². The minimum Gasteiger partial charge on any atom is -0.394 e. The number of hydrogen-bond donors (Lipinski definition) is 3. The number of benzene rings is 1. The Bertz CT molecular complexity index is 985. The average molecular weight is 403 g/mol. The number of pyridine rings is 1. The van der Waals surface area contributed by atoms with Crippen LogP contribution in [0.2, 0.25) is 0 Å². The molecule has 0 aliphatic carbocycles. The largest absolute Gasteiger partial charge is 0.394 e. The second-order valence-corrected chi connectivity index (χ2v) is 6.70. The third-order valence-electron chi connectivity index (χ3n) is 4.27. The first-order valence-corrected chi connectivity index (χ1v) is 8.97. The summed E-state index contributed by atoms with van der Waals surface area (Å²) in [6.07, 6.45) is 1.59. The topological polar surface area (TPSA) is 83.0 Å². The van der Waals surface area contributed by atoms with Crippen LogP contribution in [0.4, 0.5) is 30.6 Å². The van der Waals surface area contributed by atoms with Gasteiger partial charge in [-0.3, -0.25) is 4.98 Å². The van der Waals surface area contributed by atoms with Crippen molar-refractivity contribution in [3.8, 4) is 11.4 Å². The molecule has 3 N–H and O–H groups in total. The summed E-state index contributed by atoms with van der Waals surface area (Å²) in [4.78, 5) is 12.9. The van der Waals surface area contributed by atoms with Gasteiger partial charge in [0.2, 0.25) is 5.95 Å². The second kappa shape index (κ2) is 8.87. The van der Waals surface area contributed by atoms with Gasteiger partial charge >= 0.3 is 0 Å². The van der Waals surface area contributed by atoms with Crippen LogP contribution in [0.25, 0.3) is 11.4 Å². The number of aliphatic hydroxyl groups excluding tert-OH is 1. The predicted octanol–water partition coefficient (Wildman–Crippen LogP) is 4.13. The SMILES string of the molecule is CC(C)[C@@H](CO)Nc1nc(Nc2ccc(F)c(F)c2F)cc(-c2ccccn2)n1. The maximum Gasteiger partial charge on any atom is 0.225 e. The Morgan fingerprint density at radius 1 is 1.00 bits per heavy atom. The molecule has 3 aromatic rings. The summed E-state index contributed by atoms with van der Waals surface area (Å²) in [5.41, 5.74) is 0.689. The molecule has 0 saturated carbocycles. The van der Waals surface area contributed by atoms with Gasteiger partial charge in [0.15, 0.2) is 17.5 Å². The number of nitrogens with zero attached hydrogens (tertiary/aromatic N) is 3. The van der Waals surface area contributed by atoms with E-state index in [2.05, 4.69) is 25.6 Å². The van der Waals surface area contributed by atoms with Crippen LogP contribution in [0.15, 0.2) is 42.6 Å². The molecule has 0 radical (unpaired) electrons. The zero-order chi connectivity index (χ0) is 21.0. The fraction of sp³-hybridized carbons (Fsp3) is 0.250. The summed E-state index contributed by atoms with van der Waals surface area (Å²) in [5, 5.41) is 15.2. The highest BCUT2D eigenvalue weighted by Gasteiger charge is 2.17. The Morgan fingerprint density at radius 3 is 2.45 bits per heavy atom. The lowest BCUT2D eigenvalue weighted by Gasteiger charge is -2.20. The molecule has 0 fully saturated rings. The maximum absolute atomic E-state index is 14.1. The minimum absolute atomic E-state index is 0.0853. The first-order valence-electron chi connectivity index (χ1n) is 8.97. The van der Waals surface area contributed by atoms with Gasteiger partial charge in [-0.25, -0.2) is 18.2 Å². The van der Waals surface area contributed by atoms with Crippen LogP contribution in [0.1, 0.15) is 13.8 Å².